The molecule has 0 amide bonds. The van der Waals surface area contributed by atoms with Crippen molar-refractivity contribution in [1.29, 1.82) is 0 Å². The zero-order valence-corrected chi connectivity index (χ0v) is 11.3. The number of nitrogen functional groups attached to an aromatic ring is 1. The molecule has 0 radical (unpaired) electrons. The number of methoxy groups -OCH3 is 1. The fourth-order valence-electron chi connectivity index (χ4n) is 2.41. The van der Waals surface area contributed by atoms with Gasteiger partial charge in [0.05, 0.1) is 30.2 Å². The SMILES string of the molecule is COC(=O)c1ccc(N)c(N2CCC(O)C(C)C2)c1. The average molecular weight is 264 g/mol. The molecule has 1 heterocycles. The van der Waals surface area contributed by atoms with Crippen molar-refractivity contribution in [3.8, 4) is 0 Å². The third-order valence-corrected chi connectivity index (χ3v) is 3.65. The van der Waals surface area contributed by atoms with Crippen LogP contribution < -0.4 is 10.6 Å². The highest BCUT2D eigenvalue weighted by Crippen LogP contribution is 2.29. The van der Waals surface area contributed by atoms with Gasteiger partial charge >= 0.3 is 5.97 Å². The first kappa shape index (κ1) is 13.7. The number of carbonyl (C=O) groups excluding carboxylic acids is 1. The van der Waals surface area contributed by atoms with Gasteiger partial charge in [-0.1, -0.05) is 6.92 Å². The number of ether oxygens (including phenoxy) is 1. The molecule has 104 valence electrons. The Bertz CT molecular complexity index is 476. The minimum Gasteiger partial charge on any atom is -0.465 e. The van der Waals surface area contributed by atoms with Crippen molar-refractivity contribution in [3.63, 3.8) is 0 Å². The monoisotopic (exact) mass is 264 g/mol. The van der Waals surface area contributed by atoms with Crippen LogP contribution in [-0.4, -0.2) is 37.4 Å². The number of aliphatic hydroxyl groups is 1. The van der Waals surface area contributed by atoms with E-state index in [-0.39, 0.29) is 18.0 Å². The van der Waals surface area contributed by atoms with E-state index in [9.17, 15) is 9.90 Å². The van der Waals surface area contributed by atoms with Crippen LogP contribution in [-0.2, 0) is 4.74 Å². The number of nitrogens with zero attached hydrogens (tertiary/aromatic N) is 1. The van der Waals surface area contributed by atoms with Gasteiger partial charge in [0.2, 0.25) is 0 Å². The number of piperidine rings is 1. The molecule has 0 aromatic heterocycles. The van der Waals surface area contributed by atoms with Crippen molar-refractivity contribution < 1.29 is 14.6 Å². The fraction of sp³-hybridized carbons (Fsp3) is 0.500. The van der Waals surface area contributed by atoms with E-state index in [0.717, 1.165) is 18.8 Å². The van der Waals surface area contributed by atoms with Gasteiger partial charge in [0.1, 0.15) is 0 Å². The Labute approximate surface area is 113 Å². The summed E-state index contributed by atoms with van der Waals surface area (Å²) in [4.78, 5) is 13.7. The second-order valence-corrected chi connectivity index (χ2v) is 5.04. The number of rotatable bonds is 2. The summed E-state index contributed by atoms with van der Waals surface area (Å²) in [7, 11) is 1.36. The molecule has 5 nitrogen and oxygen atoms in total. The molecule has 2 rings (SSSR count). The van der Waals surface area contributed by atoms with Crippen molar-refractivity contribution in [2.75, 3.05) is 30.8 Å². The van der Waals surface area contributed by atoms with Crippen LogP contribution in [0.25, 0.3) is 0 Å². The largest absolute Gasteiger partial charge is 0.465 e. The van der Waals surface area contributed by atoms with Gasteiger partial charge in [0.25, 0.3) is 0 Å². The maximum Gasteiger partial charge on any atom is 0.337 e. The molecule has 19 heavy (non-hydrogen) atoms. The highest BCUT2D eigenvalue weighted by atomic mass is 16.5. The molecule has 2 atom stereocenters. The van der Waals surface area contributed by atoms with Crippen LogP contribution in [0, 0.1) is 5.92 Å². The second-order valence-electron chi connectivity index (χ2n) is 5.04. The van der Waals surface area contributed by atoms with Gasteiger partial charge in [0.15, 0.2) is 0 Å². The van der Waals surface area contributed by atoms with E-state index in [1.807, 2.05) is 6.92 Å². The average Bonchev–Trinajstić information content (AvgIpc) is 2.41. The first-order chi connectivity index (χ1) is 9.02. The van der Waals surface area contributed by atoms with Gasteiger partial charge in [-0.25, -0.2) is 4.79 Å². The molecule has 3 N–H and O–H groups in total. The maximum absolute atomic E-state index is 11.6. The Morgan fingerprint density at radius 2 is 2.26 bits per heavy atom. The van der Waals surface area contributed by atoms with Gasteiger partial charge in [-0.3, -0.25) is 0 Å². The number of benzene rings is 1. The minimum atomic E-state index is -0.369. The quantitative estimate of drug-likeness (QED) is 0.621. The van der Waals surface area contributed by atoms with Crippen LogP contribution in [0.15, 0.2) is 18.2 Å². The van der Waals surface area contributed by atoms with Gasteiger partial charge in [-0.05, 0) is 30.5 Å². The number of anilines is 2. The van der Waals surface area contributed by atoms with Crippen LogP contribution >= 0.6 is 0 Å². The third kappa shape index (κ3) is 2.81. The molecule has 0 bridgehead atoms. The number of hydrogen-bond acceptors (Lipinski definition) is 5. The lowest BCUT2D eigenvalue weighted by Crippen LogP contribution is -2.42. The number of aliphatic hydroxyl groups excluding tert-OH is 1. The van der Waals surface area contributed by atoms with E-state index >= 15 is 0 Å². The molecule has 1 saturated heterocycles. The van der Waals surface area contributed by atoms with Crippen molar-refractivity contribution in [3.05, 3.63) is 23.8 Å². The van der Waals surface area contributed by atoms with E-state index in [0.29, 0.717) is 17.7 Å². The van der Waals surface area contributed by atoms with E-state index < -0.39 is 0 Å². The summed E-state index contributed by atoms with van der Waals surface area (Å²) in [5.41, 5.74) is 7.95. The Balaban J connectivity index is 2.26. The molecule has 1 fully saturated rings. The van der Waals surface area contributed by atoms with Gasteiger partial charge in [-0.15, -0.1) is 0 Å². The van der Waals surface area contributed by atoms with Crippen LogP contribution in [0.3, 0.4) is 0 Å². The summed E-state index contributed by atoms with van der Waals surface area (Å²) in [5.74, 6) is -0.179. The Morgan fingerprint density at radius 1 is 1.53 bits per heavy atom. The maximum atomic E-state index is 11.6. The Hall–Kier alpha value is -1.75. The van der Waals surface area contributed by atoms with Crippen molar-refractivity contribution >= 4 is 17.3 Å². The molecule has 1 aliphatic rings. The van der Waals surface area contributed by atoms with E-state index in [4.69, 9.17) is 10.5 Å². The van der Waals surface area contributed by atoms with E-state index in [1.165, 1.54) is 7.11 Å². The van der Waals surface area contributed by atoms with Crippen LogP contribution in [0.4, 0.5) is 11.4 Å². The number of nitrogens with two attached hydrogens (primary N) is 1. The van der Waals surface area contributed by atoms with E-state index in [1.54, 1.807) is 18.2 Å². The molecular weight excluding hydrogens is 244 g/mol. The normalized spacial score (nSPS) is 23.2. The fourth-order valence-corrected chi connectivity index (χ4v) is 2.41. The van der Waals surface area contributed by atoms with Crippen molar-refractivity contribution in [2.24, 2.45) is 5.92 Å². The second kappa shape index (κ2) is 5.48. The number of hydrogen-bond donors (Lipinski definition) is 2. The molecule has 1 aromatic rings. The molecule has 1 aliphatic heterocycles. The lowest BCUT2D eigenvalue weighted by atomic mass is 9.96. The van der Waals surface area contributed by atoms with Crippen LogP contribution in [0.5, 0.6) is 0 Å². The molecular formula is C14H20N2O3. The zero-order chi connectivity index (χ0) is 14.0. The molecule has 2 unspecified atom stereocenters. The number of esters is 1. The Kier molecular flexibility index (Phi) is 3.95. The van der Waals surface area contributed by atoms with Crippen LogP contribution in [0.2, 0.25) is 0 Å². The number of carbonyl (C=O) groups is 1. The van der Waals surface area contributed by atoms with E-state index in [2.05, 4.69) is 4.90 Å². The predicted molar refractivity (Wildman–Crippen MR) is 74.2 cm³/mol. The highest BCUT2D eigenvalue weighted by molar-refractivity contribution is 5.92. The summed E-state index contributed by atoms with van der Waals surface area (Å²) < 4.78 is 4.72. The third-order valence-electron chi connectivity index (χ3n) is 3.65. The summed E-state index contributed by atoms with van der Waals surface area (Å²) in [6.45, 7) is 3.48. The van der Waals surface area contributed by atoms with Crippen LogP contribution in [0.1, 0.15) is 23.7 Å². The standard InChI is InChI=1S/C14H20N2O3/c1-9-8-16(6-5-13(9)17)12-7-10(14(18)19-2)3-4-11(12)15/h3-4,7,9,13,17H,5-6,8,15H2,1-2H3. The molecule has 1 aromatic carbocycles. The predicted octanol–water partition coefficient (Wildman–Crippen LogP) is 1.26. The zero-order valence-electron chi connectivity index (χ0n) is 11.3. The van der Waals surface area contributed by atoms with Crippen molar-refractivity contribution in [2.45, 2.75) is 19.4 Å². The first-order valence-corrected chi connectivity index (χ1v) is 6.43. The lowest BCUT2D eigenvalue weighted by Gasteiger charge is -2.36. The molecule has 5 heteroatoms. The molecule has 0 aliphatic carbocycles. The topological polar surface area (TPSA) is 75.8 Å². The summed E-state index contributed by atoms with van der Waals surface area (Å²) in [6, 6.07) is 5.13. The molecule has 0 spiro atoms. The minimum absolute atomic E-state index is 0.190. The molecule has 0 saturated carbocycles. The lowest BCUT2D eigenvalue weighted by molar-refractivity contribution is 0.0600. The highest BCUT2D eigenvalue weighted by Gasteiger charge is 2.25. The summed E-state index contributed by atoms with van der Waals surface area (Å²) in [5, 5.41) is 9.76. The van der Waals surface area contributed by atoms with Crippen molar-refractivity contribution in [1.82, 2.24) is 0 Å². The van der Waals surface area contributed by atoms with Gasteiger partial charge in [0, 0.05) is 13.1 Å². The van der Waals surface area contributed by atoms with Gasteiger partial charge < -0.3 is 20.5 Å². The Morgan fingerprint density at radius 3 is 2.89 bits per heavy atom. The smallest absolute Gasteiger partial charge is 0.337 e. The summed E-state index contributed by atoms with van der Waals surface area (Å²) >= 11 is 0. The van der Waals surface area contributed by atoms with Gasteiger partial charge in [-0.2, -0.15) is 0 Å². The first-order valence-electron chi connectivity index (χ1n) is 6.43. The summed E-state index contributed by atoms with van der Waals surface area (Å²) in [6.07, 6.45) is 0.449.